The molecule has 0 saturated carbocycles. The third-order valence-electron chi connectivity index (χ3n) is 2.08. The van der Waals surface area contributed by atoms with E-state index < -0.39 is 0 Å². The number of unbranched alkanes of at least 4 members (excludes halogenated alkanes) is 1. The highest BCUT2D eigenvalue weighted by atomic mass is 32.1. The highest BCUT2D eigenvalue weighted by Crippen LogP contribution is 1.98. The summed E-state index contributed by atoms with van der Waals surface area (Å²) in [4.78, 5) is 0. The fourth-order valence-electron chi connectivity index (χ4n) is 1.21. The number of aromatic amines is 1. The summed E-state index contributed by atoms with van der Waals surface area (Å²) < 4.78 is 7.69. The molecule has 1 aromatic heterocycles. The molecule has 15 heavy (non-hydrogen) atoms. The van der Waals surface area contributed by atoms with Gasteiger partial charge in [-0.05, 0) is 18.6 Å². The van der Waals surface area contributed by atoms with E-state index in [4.69, 9.17) is 22.1 Å². The lowest BCUT2D eigenvalue weighted by Gasteiger charge is -2.05. The largest absolute Gasteiger partial charge is 0.388 e. The zero-order chi connectivity index (χ0) is 11.1. The number of nitrogens with zero attached hydrogens (tertiary/aromatic N) is 2. The molecule has 1 rings (SSSR count). The molecule has 0 aliphatic carbocycles. The van der Waals surface area contributed by atoms with E-state index in [1.54, 1.807) is 4.57 Å². The summed E-state index contributed by atoms with van der Waals surface area (Å²) >= 11 is 5.02. The number of aliphatic hydroxyl groups excluding tert-OH is 1. The van der Waals surface area contributed by atoms with E-state index in [2.05, 4.69) is 17.1 Å². The van der Waals surface area contributed by atoms with Crippen LogP contribution in [0.4, 0.5) is 0 Å². The number of hydrogen-bond donors (Lipinski definition) is 2. The molecule has 0 aliphatic heterocycles. The molecule has 0 fully saturated rings. The van der Waals surface area contributed by atoms with Gasteiger partial charge in [0.2, 0.25) is 0 Å². The van der Waals surface area contributed by atoms with Crippen LogP contribution in [0.5, 0.6) is 0 Å². The van der Waals surface area contributed by atoms with E-state index >= 15 is 0 Å². The zero-order valence-corrected chi connectivity index (χ0v) is 9.72. The average molecular weight is 231 g/mol. The summed E-state index contributed by atoms with van der Waals surface area (Å²) in [7, 11) is 0. The van der Waals surface area contributed by atoms with Crippen LogP contribution in [0.25, 0.3) is 0 Å². The third kappa shape index (κ3) is 3.73. The lowest BCUT2D eigenvalue weighted by Crippen LogP contribution is -2.10. The Kier molecular flexibility index (Phi) is 5.52. The van der Waals surface area contributed by atoms with Gasteiger partial charge in [-0.1, -0.05) is 13.3 Å². The number of nitrogens with one attached hydrogen (secondary N) is 1. The first-order valence-corrected chi connectivity index (χ1v) is 5.53. The summed E-state index contributed by atoms with van der Waals surface area (Å²) in [5.74, 6) is 0.555. The Morgan fingerprint density at radius 2 is 2.33 bits per heavy atom. The first kappa shape index (κ1) is 12.4. The lowest BCUT2D eigenvalue weighted by atomic mass is 10.4. The molecule has 5 nitrogen and oxygen atoms in total. The Balaban J connectivity index is 2.36. The number of aliphatic hydroxyl groups is 1. The predicted molar refractivity (Wildman–Crippen MR) is 59.1 cm³/mol. The molecule has 0 aromatic carbocycles. The van der Waals surface area contributed by atoms with Crippen LogP contribution in [0.3, 0.4) is 0 Å². The van der Waals surface area contributed by atoms with Crippen LogP contribution < -0.4 is 0 Å². The Morgan fingerprint density at radius 3 is 3.00 bits per heavy atom. The standard InChI is InChI=1S/C9H17N3O2S/c1-2-3-5-14-6-4-12-8(7-13)10-11-9(12)15/h13H,2-7H2,1H3,(H,11,15). The van der Waals surface area contributed by atoms with E-state index in [0.29, 0.717) is 23.7 Å². The molecule has 0 radical (unpaired) electrons. The van der Waals surface area contributed by atoms with Gasteiger partial charge in [0.15, 0.2) is 10.6 Å². The second kappa shape index (κ2) is 6.71. The molecular formula is C9H17N3O2S. The molecule has 0 atom stereocenters. The molecule has 0 bridgehead atoms. The molecule has 0 aliphatic rings. The van der Waals surface area contributed by atoms with Crippen LogP contribution in [0.1, 0.15) is 25.6 Å². The molecule has 1 aromatic rings. The second-order valence-electron chi connectivity index (χ2n) is 3.22. The van der Waals surface area contributed by atoms with Crippen LogP contribution in [0.2, 0.25) is 0 Å². The number of H-pyrrole nitrogens is 1. The van der Waals surface area contributed by atoms with Crippen molar-refractivity contribution in [1.82, 2.24) is 14.8 Å². The SMILES string of the molecule is CCCCOCCn1c(CO)n[nH]c1=S. The summed E-state index contributed by atoms with van der Waals surface area (Å²) in [5.41, 5.74) is 0. The Bertz CT molecular complexity index is 334. The monoisotopic (exact) mass is 231 g/mol. The summed E-state index contributed by atoms with van der Waals surface area (Å²) in [6.07, 6.45) is 2.21. The van der Waals surface area contributed by atoms with Crippen molar-refractivity contribution in [2.45, 2.75) is 32.9 Å². The predicted octanol–water partition coefficient (Wildman–Crippen LogP) is 1.25. The molecule has 0 amide bonds. The van der Waals surface area contributed by atoms with Gasteiger partial charge in [-0.25, -0.2) is 0 Å². The van der Waals surface area contributed by atoms with E-state index in [1.165, 1.54) is 0 Å². The van der Waals surface area contributed by atoms with Crippen molar-refractivity contribution in [3.05, 3.63) is 10.6 Å². The Morgan fingerprint density at radius 1 is 1.53 bits per heavy atom. The van der Waals surface area contributed by atoms with Crippen LogP contribution >= 0.6 is 12.2 Å². The first-order valence-electron chi connectivity index (χ1n) is 5.12. The van der Waals surface area contributed by atoms with Gasteiger partial charge in [0.1, 0.15) is 6.61 Å². The van der Waals surface area contributed by atoms with E-state index in [-0.39, 0.29) is 6.61 Å². The van der Waals surface area contributed by atoms with Gasteiger partial charge in [0.05, 0.1) is 13.2 Å². The molecular weight excluding hydrogens is 214 g/mol. The van der Waals surface area contributed by atoms with Crippen LogP contribution in [0.15, 0.2) is 0 Å². The van der Waals surface area contributed by atoms with Crippen molar-refractivity contribution in [3.8, 4) is 0 Å². The lowest BCUT2D eigenvalue weighted by molar-refractivity contribution is 0.121. The molecule has 6 heteroatoms. The molecule has 86 valence electrons. The van der Waals surface area contributed by atoms with Crippen molar-refractivity contribution in [2.24, 2.45) is 0 Å². The maximum atomic E-state index is 8.98. The van der Waals surface area contributed by atoms with Crippen molar-refractivity contribution in [3.63, 3.8) is 0 Å². The number of aromatic nitrogens is 3. The summed E-state index contributed by atoms with van der Waals surface area (Å²) in [6, 6.07) is 0. The molecule has 1 heterocycles. The van der Waals surface area contributed by atoms with Gasteiger partial charge in [0, 0.05) is 6.61 Å². The molecule has 0 unspecified atom stereocenters. The van der Waals surface area contributed by atoms with Crippen molar-refractivity contribution < 1.29 is 9.84 Å². The van der Waals surface area contributed by atoms with Gasteiger partial charge in [0.25, 0.3) is 0 Å². The number of hydrogen-bond acceptors (Lipinski definition) is 4. The maximum absolute atomic E-state index is 8.98. The average Bonchev–Trinajstić information content (AvgIpc) is 2.60. The molecule has 2 N–H and O–H groups in total. The van der Waals surface area contributed by atoms with Crippen LogP contribution in [0, 0.1) is 4.77 Å². The Hall–Kier alpha value is -0.720. The van der Waals surface area contributed by atoms with E-state index in [1.807, 2.05) is 0 Å². The minimum Gasteiger partial charge on any atom is -0.388 e. The Labute approximate surface area is 94.1 Å². The quantitative estimate of drug-likeness (QED) is 0.547. The second-order valence-corrected chi connectivity index (χ2v) is 3.61. The zero-order valence-electron chi connectivity index (χ0n) is 8.90. The molecule has 0 saturated heterocycles. The van der Waals surface area contributed by atoms with Crippen LogP contribution in [-0.2, 0) is 17.9 Å². The van der Waals surface area contributed by atoms with Gasteiger partial charge in [-0.2, -0.15) is 5.10 Å². The van der Waals surface area contributed by atoms with Gasteiger partial charge in [-0.3, -0.25) is 9.67 Å². The van der Waals surface area contributed by atoms with Gasteiger partial charge >= 0.3 is 0 Å². The highest BCUT2D eigenvalue weighted by Gasteiger charge is 2.03. The van der Waals surface area contributed by atoms with Crippen molar-refractivity contribution in [1.29, 1.82) is 0 Å². The van der Waals surface area contributed by atoms with Crippen LogP contribution in [-0.4, -0.2) is 33.1 Å². The highest BCUT2D eigenvalue weighted by molar-refractivity contribution is 7.71. The van der Waals surface area contributed by atoms with Gasteiger partial charge < -0.3 is 9.84 Å². The summed E-state index contributed by atoms with van der Waals surface area (Å²) in [5, 5.41) is 15.5. The normalized spacial score (nSPS) is 10.8. The summed E-state index contributed by atoms with van der Waals surface area (Å²) in [6.45, 7) is 4.02. The fourth-order valence-corrected chi connectivity index (χ4v) is 1.45. The first-order chi connectivity index (χ1) is 7.29. The minimum absolute atomic E-state index is 0.109. The van der Waals surface area contributed by atoms with E-state index in [0.717, 1.165) is 19.4 Å². The fraction of sp³-hybridized carbons (Fsp3) is 0.778. The maximum Gasteiger partial charge on any atom is 0.195 e. The number of ether oxygens (including phenoxy) is 1. The van der Waals surface area contributed by atoms with Crippen molar-refractivity contribution >= 4 is 12.2 Å². The van der Waals surface area contributed by atoms with E-state index in [9.17, 15) is 0 Å². The topological polar surface area (TPSA) is 63.1 Å². The third-order valence-corrected chi connectivity index (χ3v) is 2.39. The molecule has 0 spiro atoms. The van der Waals surface area contributed by atoms with Gasteiger partial charge in [-0.15, -0.1) is 0 Å². The smallest absolute Gasteiger partial charge is 0.195 e. The van der Waals surface area contributed by atoms with Crippen molar-refractivity contribution in [2.75, 3.05) is 13.2 Å². The number of rotatable bonds is 7. The minimum atomic E-state index is -0.109.